The zero-order chi connectivity index (χ0) is 12.4. The maximum atomic E-state index is 13.8. The van der Waals surface area contributed by atoms with Crippen molar-refractivity contribution in [3.63, 3.8) is 0 Å². The number of allylic oxidation sites excluding steroid dienone is 3. The van der Waals surface area contributed by atoms with Gasteiger partial charge in [0.2, 0.25) is 0 Å². The van der Waals surface area contributed by atoms with Crippen LogP contribution >= 0.6 is 15.9 Å². The molecule has 1 aromatic carbocycles. The molecule has 0 aromatic heterocycles. The molecule has 3 heteroatoms. The van der Waals surface area contributed by atoms with Gasteiger partial charge in [-0.15, -0.1) is 0 Å². The van der Waals surface area contributed by atoms with E-state index in [1.54, 1.807) is 12.1 Å². The number of benzene rings is 1. The van der Waals surface area contributed by atoms with Crippen molar-refractivity contribution in [3.8, 4) is 0 Å². The second kappa shape index (κ2) is 4.88. The summed E-state index contributed by atoms with van der Waals surface area (Å²) in [5.41, 5.74) is 2.30. The Bertz CT molecular complexity index is 517. The number of halogens is 2. The van der Waals surface area contributed by atoms with Crippen LogP contribution in [0.5, 0.6) is 0 Å². The van der Waals surface area contributed by atoms with Gasteiger partial charge in [-0.3, -0.25) is 0 Å². The number of likely N-dealkylation sites (N-methyl/N-ethyl adjacent to an activating group) is 1. The molecular formula is C14H13BrFN. The molecule has 2 rings (SSSR count). The highest BCUT2D eigenvalue weighted by Crippen LogP contribution is 2.33. The van der Waals surface area contributed by atoms with Crippen molar-refractivity contribution in [3.05, 3.63) is 64.6 Å². The fourth-order valence-corrected chi connectivity index (χ4v) is 2.22. The molecule has 0 saturated heterocycles. The molecule has 17 heavy (non-hydrogen) atoms. The van der Waals surface area contributed by atoms with E-state index >= 15 is 0 Å². The molecule has 1 heterocycles. The maximum absolute atomic E-state index is 13.8. The molecule has 1 nitrogen and oxygen atoms in total. The summed E-state index contributed by atoms with van der Waals surface area (Å²) in [6.45, 7) is 6.77. The Morgan fingerprint density at radius 3 is 2.65 bits per heavy atom. The number of hydrogen-bond donors (Lipinski definition) is 0. The van der Waals surface area contributed by atoms with Crippen LogP contribution in [0.1, 0.15) is 12.5 Å². The maximum Gasteiger partial charge on any atom is 0.132 e. The third-order valence-electron chi connectivity index (χ3n) is 2.75. The van der Waals surface area contributed by atoms with E-state index in [9.17, 15) is 4.39 Å². The first-order valence-corrected chi connectivity index (χ1v) is 6.23. The van der Waals surface area contributed by atoms with E-state index in [4.69, 9.17) is 0 Å². The molecule has 0 atom stereocenters. The number of hydrogen-bond acceptors (Lipinski definition) is 1. The summed E-state index contributed by atoms with van der Waals surface area (Å²) in [5.74, 6) is -0.212. The first-order valence-electron chi connectivity index (χ1n) is 5.44. The molecule has 0 spiro atoms. The second-order valence-electron chi connectivity index (χ2n) is 3.74. The lowest BCUT2D eigenvalue weighted by atomic mass is 10.1. The van der Waals surface area contributed by atoms with Crippen LogP contribution in [0.3, 0.4) is 0 Å². The van der Waals surface area contributed by atoms with Gasteiger partial charge in [0.15, 0.2) is 0 Å². The fraction of sp³-hybridized carbons (Fsp3) is 0.143. The van der Waals surface area contributed by atoms with Crippen LogP contribution in [-0.4, -0.2) is 11.4 Å². The predicted molar refractivity (Wildman–Crippen MR) is 72.9 cm³/mol. The highest BCUT2D eigenvalue weighted by molar-refractivity contribution is 9.12. The summed E-state index contributed by atoms with van der Waals surface area (Å²) in [6, 6.07) is 6.78. The molecule has 1 aromatic rings. The molecule has 0 bridgehead atoms. The minimum Gasteiger partial charge on any atom is -0.341 e. The lowest BCUT2D eigenvalue weighted by Gasteiger charge is -2.30. The molecule has 0 saturated carbocycles. The minimum atomic E-state index is -0.212. The molecule has 0 radical (unpaired) electrons. The number of rotatable bonds is 2. The van der Waals surface area contributed by atoms with Crippen molar-refractivity contribution in [2.24, 2.45) is 0 Å². The van der Waals surface area contributed by atoms with Gasteiger partial charge in [-0.2, -0.15) is 0 Å². The van der Waals surface area contributed by atoms with Crippen LogP contribution in [0.15, 0.2) is 53.2 Å². The molecule has 0 aliphatic carbocycles. The predicted octanol–water partition coefficient (Wildman–Crippen LogP) is 4.29. The number of nitrogens with zero attached hydrogens (tertiary/aromatic N) is 1. The van der Waals surface area contributed by atoms with Gasteiger partial charge in [0.05, 0.1) is 5.70 Å². The largest absolute Gasteiger partial charge is 0.341 e. The van der Waals surface area contributed by atoms with Crippen molar-refractivity contribution >= 4 is 21.6 Å². The normalized spacial score (nSPS) is 15.7. The summed E-state index contributed by atoms with van der Waals surface area (Å²) >= 11 is 3.44. The highest BCUT2D eigenvalue weighted by atomic mass is 79.9. The standard InChI is InChI=1S/C14H13BrFN/c1-3-17-10(2)12(15)8-9-14(17)11-6-4-5-7-13(11)16/h4-9H,2-3H2,1H3. The van der Waals surface area contributed by atoms with Gasteiger partial charge in [-0.1, -0.05) is 18.7 Å². The Kier molecular flexibility index (Phi) is 3.48. The van der Waals surface area contributed by atoms with Crippen LogP contribution in [0, 0.1) is 5.82 Å². The first-order chi connectivity index (χ1) is 8.15. The van der Waals surface area contributed by atoms with Crippen LogP contribution in [0.2, 0.25) is 0 Å². The van der Waals surface area contributed by atoms with Gasteiger partial charge in [-0.05, 0) is 47.1 Å². The second-order valence-corrected chi connectivity index (χ2v) is 4.59. The molecule has 88 valence electrons. The summed E-state index contributed by atoms with van der Waals surface area (Å²) in [6.07, 6.45) is 3.80. The van der Waals surface area contributed by atoms with E-state index in [2.05, 4.69) is 22.5 Å². The van der Waals surface area contributed by atoms with E-state index in [0.29, 0.717) is 5.56 Å². The summed E-state index contributed by atoms with van der Waals surface area (Å²) < 4.78 is 14.7. The quantitative estimate of drug-likeness (QED) is 0.786. The monoisotopic (exact) mass is 293 g/mol. The van der Waals surface area contributed by atoms with E-state index in [1.165, 1.54) is 6.07 Å². The topological polar surface area (TPSA) is 3.24 Å². The fourth-order valence-electron chi connectivity index (χ4n) is 1.88. The Labute approximate surface area is 109 Å². The first kappa shape index (κ1) is 12.1. The Morgan fingerprint density at radius 2 is 2.00 bits per heavy atom. The summed E-state index contributed by atoms with van der Waals surface area (Å²) in [5, 5.41) is 0. The van der Waals surface area contributed by atoms with Crippen molar-refractivity contribution in [1.82, 2.24) is 4.90 Å². The van der Waals surface area contributed by atoms with Gasteiger partial charge in [-0.25, -0.2) is 4.39 Å². The summed E-state index contributed by atoms with van der Waals surface area (Å²) in [7, 11) is 0. The van der Waals surface area contributed by atoms with Gasteiger partial charge in [0, 0.05) is 22.3 Å². The van der Waals surface area contributed by atoms with Gasteiger partial charge >= 0.3 is 0 Å². The molecular weight excluding hydrogens is 281 g/mol. The minimum absolute atomic E-state index is 0.212. The lowest BCUT2D eigenvalue weighted by Crippen LogP contribution is -2.23. The Hall–Kier alpha value is -1.35. The highest BCUT2D eigenvalue weighted by Gasteiger charge is 2.20. The molecule has 1 aliphatic heterocycles. The Morgan fingerprint density at radius 1 is 1.29 bits per heavy atom. The van der Waals surface area contributed by atoms with Crippen LogP contribution in [-0.2, 0) is 0 Å². The lowest BCUT2D eigenvalue weighted by molar-refractivity contribution is 0.521. The van der Waals surface area contributed by atoms with Gasteiger partial charge < -0.3 is 4.90 Å². The van der Waals surface area contributed by atoms with Crippen molar-refractivity contribution in [1.29, 1.82) is 0 Å². The average molecular weight is 294 g/mol. The zero-order valence-electron chi connectivity index (χ0n) is 9.58. The molecule has 0 unspecified atom stereocenters. The van der Waals surface area contributed by atoms with Crippen molar-refractivity contribution in [2.75, 3.05) is 6.54 Å². The molecule has 0 amide bonds. The summed E-state index contributed by atoms with van der Waals surface area (Å²) in [4.78, 5) is 1.99. The molecule has 1 aliphatic rings. The van der Waals surface area contributed by atoms with E-state index in [-0.39, 0.29) is 5.82 Å². The third kappa shape index (κ3) is 2.20. The van der Waals surface area contributed by atoms with E-state index < -0.39 is 0 Å². The smallest absolute Gasteiger partial charge is 0.132 e. The molecule has 0 fully saturated rings. The van der Waals surface area contributed by atoms with Gasteiger partial charge in [0.1, 0.15) is 5.82 Å². The van der Waals surface area contributed by atoms with Crippen LogP contribution in [0.25, 0.3) is 5.70 Å². The van der Waals surface area contributed by atoms with E-state index in [0.717, 1.165) is 22.4 Å². The molecule has 0 N–H and O–H groups in total. The zero-order valence-corrected chi connectivity index (χ0v) is 11.2. The van der Waals surface area contributed by atoms with Crippen molar-refractivity contribution < 1.29 is 4.39 Å². The van der Waals surface area contributed by atoms with Gasteiger partial charge in [0.25, 0.3) is 0 Å². The van der Waals surface area contributed by atoms with E-state index in [1.807, 2.05) is 30.0 Å². The SMILES string of the molecule is C=C1C(Br)=CC=C(c2ccccc2F)N1CC. The van der Waals surface area contributed by atoms with Crippen molar-refractivity contribution in [2.45, 2.75) is 6.92 Å². The Balaban J connectivity index is 2.51. The average Bonchev–Trinajstić information content (AvgIpc) is 2.33. The third-order valence-corrected chi connectivity index (χ3v) is 3.47. The van der Waals surface area contributed by atoms with Crippen LogP contribution in [0.4, 0.5) is 4.39 Å². The van der Waals surface area contributed by atoms with Crippen LogP contribution < -0.4 is 0 Å².